The second-order valence-corrected chi connectivity index (χ2v) is 5.79. The van der Waals surface area contributed by atoms with Crippen LogP contribution in [0, 0.1) is 0 Å². The van der Waals surface area contributed by atoms with Crippen molar-refractivity contribution >= 4 is 22.9 Å². The highest BCUT2D eigenvalue weighted by atomic mass is 35.5. The average molecular weight is 260 g/mol. The number of rotatable bonds is 5. The van der Waals surface area contributed by atoms with Gasteiger partial charge in [-0.1, -0.05) is 11.6 Å². The lowest BCUT2D eigenvalue weighted by Gasteiger charge is -2.23. The Kier molecular flexibility index (Phi) is 4.65. The number of hydrogen-bond acceptors (Lipinski definition) is 3. The van der Waals surface area contributed by atoms with E-state index in [2.05, 4.69) is 11.4 Å². The monoisotopic (exact) mass is 259 g/mol. The van der Waals surface area contributed by atoms with Crippen LogP contribution in [0.2, 0.25) is 4.34 Å². The maximum atomic E-state index is 6.07. The molecular weight excluding hydrogens is 242 g/mol. The van der Waals surface area contributed by atoms with Crippen molar-refractivity contribution in [3.63, 3.8) is 0 Å². The molecule has 16 heavy (non-hydrogen) atoms. The summed E-state index contributed by atoms with van der Waals surface area (Å²) in [5.74, 6) is 0. The van der Waals surface area contributed by atoms with E-state index >= 15 is 0 Å². The number of thiophene rings is 1. The van der Waals surface area contributed by atoms with Crippen LogP contribution >= 0.6 is 22.9 Å². The number of ether oxygens (including phenoxy) is 1. The molecule has 90 valence electrons. The lowest BCUT2D eigenvalue weighted by Crippen LogP contribution is -2.27. The highest BCUT2D eigenvalue weighted by molar-refractivity contribution is 7.16. The Hall–Kier alpha value is -0.0900. The van der Waals surface area contributed by atoms with Crippen molar-refractivity contribution in [2.75, 3.05) is 19.8 Å². The molecule has 1 aromatic heterocycles. The fourth-order valence-electron chi connectivity index (χ4n) is 2.18. The minimum atomic E-state index is 0.480. The van der Waals surface area contributed by atoms with Crippen molar-refractivity contribution in [1.29, 1.82) is 0 Å². The van der Waals surface area contributed by atoms with Crippen molar-refractivity contribution in [2.24, 2.45) is 0 Å². The minimum absolute atomic E-state index is 0.480. The first-order valence-corrected chi connectivity index (χ1v) is 7.10. The lowest BCUT2D eigenvalue weighted by atomic mass is 9.94. The maximum Gasteiger partial charge on any atom is 0.0934 e. The molecule has 0 radical (unpaired) electrons. The molecule has 0 saturated heterocycles. The van der Waals surface area contributed by atoms with E-state index in [1.54, 1.807) is 11.3 Å². The van der Waals surface area contributed by atoms with E-state index < -0.39 is 0 Å². The molecule has 1 unspecified atom stereocenters. The van der Waals surface area contributed by atoms with E-state index in [4.69, 9.17) is 16.3 Å². The SMILES string of the molecule is CCOCCNC1CCCc2sc(Cl)cc21. The third kappa shape index (κ3) is 2.98. The topological polar surface area (TPSA) is 21.3 Å². The van der Waals surface area contributed by atoms with Crippen LogP contribution in [0.4, 0.5) is 0 Å². The predicted molar refractivity (Wildman–Crippen MR) is 69.5 cm³/mol. The summed E-state index contributed by atoms with van der Waals surface area (Å²) in [5, 5.41) is 3.55. The first kappa shape index (κ1) is 12.4. The molecule has 2 nitrogen and oxygen atoms in total. The van der Waals surface area contributed by atoms with E-state index in [9.17, 15) is 0 Å². The van der Waals surface area contributed by atoms with Crippen LogP contribution in [0.1, 0.15) is 36.2 Å². The van der Waals surface area contributed by atoms with E-state index in [1.807, 2.05) is 6.92 Å². The molecule has 0 amide bonds. The second kappa shape index (κ2) is 6.01. The van der Waals surface area contributed by atoms with E-state index in [1.165, 1.54) is 29.7 Å². The van der Waals surface area contributed by atoms with Crippen LogP contribution in [-0.2, 0) is 11.2 Å². The van der Waals surface area contributed by atoms with Gasteiger partial charge in [-0.2, -0.15) is 0 Å². The molecule has 0 aliphatic heterocycles. The third-order valence-corrected chi connectivity index (χ3v) is 4.26. The van der Waals surface area contributed by atoms with Crippen LogP contribution in [-0.4, -0.2) is 19.8 Å². The van der Waals surface area contributed by atoms with Crippen molar-refractivity contribution in [2.45, 2.75) is 32.2 Å². The van der Waals surface area contributed by atoms with Gasteiger partial charge in [0.25, 0.3) is 0 Å². The van der Waals surface area contributed by atoms with Crippen LogP contribution in [0.5, 0.6) is 0 Å². The minimum Gasteiger partial charge on any atom is -0.380 e. The molecule has 0 bridgehead atoms. The summed E-state index contributed by atoms with van der Waals surface area (Å²) >= 11 is 7.80. The summed E-state index contributed by atoms with van der Waals surface area (Å²) in [6, 6.07) is 2.60. The Morgan fingerprint density at radius 1 is 1.62 bits per heavy atom. The first-order chi connectivity index (χ1) is 7.81. The maximum absolute atomic E-state index is 6.07. The van der Waals surface area contributed by atoms with Crippen molar-refractivity contribution in [3.05, 3.63) is 20.8 Å². The first-order valence-electron chi connectivity index (χ1n) is 5.90. The molecule has 1 atom stereocenters. The van der Waals surface area contributed by atoms with E-state index in [0.717, 1.165) is 24.1 Å². The van der Waals surface area contributed by atoms with Gasteiger partial charge in [-0.05, 0) is 37.8 Å². The number of halogens is 1. The van der Waals surface area contributed by atoms with Crippen molar-refractivity contribution in [3.8, 4) is 0 Å². The van der Waals surface area contributed by atoms with Crippen LogP contribution in [0.15, 0.2) is 6.07 Å². The normalized spacial score (nSPS) is 19.8. The third-order valence-electron chi connectivity index (χ3n) is 2.92. The standard InChI is InChI=1S/C12H18ClNOS/c1-2-15-7-6-14-10-4-3-5-11-9(10)8-12(13)16-11/h8,10,14H,2-7H2,1H3. The quantitative estimate of drug-likeness (QED) is 0.819. The Labute approximate surface area is 106 Å². The second-order valence-electron chi connectivity index (χ2n) is 4.02. The smallest absolute Gasteiger partial charge is 0.0934 e. The molecule has 4 heteroatoms. The van der Waals surface area contributed by atoms with Gasteiger partial charge < -0.3 is 10.1 Å². The largest absolute Gasteiger partial charge is 0.380 e. The van der Waals surface area contributed by atoms with Gasteiger partial charge in [-0.25, -0.2) is 0 Å². The Balaban J connectivity index is 1.91. The van der Waals surface area contributed by atoms with Crippen molar-refractivity contribution < 1.29 is 4.74 Å². The average Bonchev–Trinajstić information content (AvgIpc) is 2.65. The van der Waals surface area contributed by atoms with Gasteiger partial charge in [-0.3, -0.25) is 0 Å². The molecule has 2 rings (SSSR count). The van der Waals surface area contributed by atoms with Gasteiger partial charge in [0.05, 0.1) is 10.9 Å². The summed E-state index contributed by atoms with van der Waals surface area (Å²) in [4.78, 5) is 1.46. The summed E-state index contributed by atoms with van der Waals surface area (Å²) in [7, 11) is 0. The zero-order valence-corrected chi connectivity index (χ0v) is 11.2. The fraction of sp³-hybridized carbons (Fsp3) is 0.667. The lowest BCUT2D eigenvalue weighted by molar-refractivity contribution is 0.146. The van der Waals surface area contributed by atoms with Gasteiger partial charge in [-0.15, -0.1) is 11.3 Å². The number of hydrogen-bond donors (Lipinski definition) is 1. The Bertz CT molecular complexity index is 340. The van der Waals surface area contributed by atoms with Gasteiger partial charge >= 0.3 is 0 Å². The van der Waals surface area contributed by atoms with Crippen LogP contribution in [0.3, 0.4) is 0 Å². The number of nitrogens with one attached hydrogen (secondary N) is 1. The zero-order valence-electron chi connectivity index (χ0n) is 9.59. The molecule has 0 fully saturated rings. The van der Waals surface area contributed by atoms with E-state index in [-0.39, 0.29) is 0 Å². The summed E-state index contributed by atoms with van der Waals surface area (Å²) in [6.07, 6.45) is 3.67. The zero-order chi connectivity index (χ0) is 11.4. The van der Waals surface area contributed by atoms with Gasteiger partial charge in [0, 0.05) is 24.1 Å². The number of fused-ring (bicyclic) bond motifs is 1. The Morgan fingerprint density at radius 2 is 2.50 bits per heavy atom. The summed E-state index contributed by atoms with van der Waals surface area (Å²) < 4.78 is 6.25. The van der Waals surface area contributed by atoms with Crippen LogP contribution < -0.4 is 5.32 Å². The molecule has 0 saturated carbocycles. The Morgan fingerprint density at radius 3 is 3.31 bits per heavy atom. The van der Waals surface area contributed by atoms with Gasteiger partial charge in [0.15, 0.2) is 0 Å². The molecule has 0 aromatic carbocycles. The number of aryl methyl sites for hydroxylation is 1. The van der Waals surface area contributed by atoms with Crippen molar-refractivity contribution in [1.82, 2.24) is 5.32 Å². The van der Waals surface area contributed by atoms with E-state index in [0.29, 0.717) is 6.04 Å². The highest BCUT2D eigenvalue weighted by Gasteiger charge is 2.21. The molecule has 0 spiro atoms. The molecule has 1 aliphatic carbocycles. The molecule has 1 N–H and O–H groups in total. The van der Waals surface area contributed by atoms with Gasteiger partial charge in [0.1, 0.15) is 0 Å². The molecule has 1 heterocycles. The highest BCUT2D eigenvalue weighted by Crippen LogP contribution is 2.37. The molecule has 1 aliphatic rings. The predicted octanol–water partition coefficient (Wildman–Crippen LogP) is 3.41. The fourth-order valence-corrected chi connectivity index (χ4v) is 3.57. The van der Waals surface area contributed by atoms with Crippen LogP contribution in [0.25, 0.3) is 0 Å². The molecular formula is C12H18ClNOS. The molecule has 1 aromatic rings. The van der Waals surface area contributed by atoms with Gasteiger partial charge in [0.2, 0.25) is 0 Å². The summed E-state index contributed by atoms with van der Waals surface area (Å²) in [5.41, 5.74) is 1.41. The summed E-state index contributed by atoms with van der Waals surface area (Å²) in [6.45, 7) is 4.53.